The summed E-state index contributed by atoms with van der Waals surface area (Å²) in [5, 5.41) is 4.44. The number of ether oxygens (including phenoxy) is 1. The molecule has 0 aliphatic carbocycles. The average molecular weight is 388 g/mol. The summed E-state index contributed by atoms with van der Waals surface area (Å²) in [4.78, 5) is 38.5. The number of hydrogen-bond acceptors (Lipinski definition) is 4. The summed E-state index contributed by atoms with van der Waals surface area (Å²) in [5.41, 5.74) is 1.59. The molecular weight excluding hydrogens is 368 g/mol. The summed E-state index contributed by atoms with van der Waals surface area (Å²) < 4.78 is 5.23. The van der Waals surface area contributed by atoms with E-state index in [9.17, 15) is 14.4 Å². The van der Waals surface area contributed by atoms with E-state index in [1.54, 1.807) is 35.2 Å². The van der Waals surface area contributed by atoms with Crippen molar-refractivity contribution in [2.45, 2.75) is 12.8 Å². The molecule has 29 heavy (non-hydrogen) atoms. The number of benzene rings is 3. The first kappa shape index (κ1) is 18.7. The highest BCUT2D eigenvalue weighted by Crippen LogP contribution is 2.29. The van der Waals surface area contributed by atoms with Crippen LogP contribution in [0.2, 0.25) is 0 Å². The molecule has 3 aromatic rings. The second-order valence-corrected chi connectivity index (χ2v) is 6.82. The summed E-state index contributed by atoms with van der Waals surface area (Å²) in [5.74, 6) is -0.980. The van der Waals surface area contributed by atoms with Gasteiger partial charge in [-0.15, -0.1) is 0 Å². The van der Waals surface area contributed by atoms with E-state index in [1.165, 1.54) is 0 Å². The molecule has 2 amide bonds. The normalized spacial score (nSPS) is 13.5. The molecule has 0 atom stereocenters. The third-order valence-electron chi connectivity index (χ3n) is 4.89. The molecule has 1 aliphatic rings. The SMILES string of the molecule is O=C(COC(=O)c1cccc2ccccc12)Nc1ccccc1N1CCCC1=O. The van der Waals surface area contributed by atoms with Gasteiger partial charge < -0.3 is 15.0 Å². The van der Waals surface area contributed by atoms with Gasteiger partial charge in [0.25, 0.3) is 5.91 Å². The monoisotopic (exact) mass is 388 g/mol. The predicted octanol–water partition coefficient (Wildman–Crippen LogP) is 3.76. The fourth-order valence-corrected chi connectivity index (χ4v) is 3.52. The van der Waals surface area contributed by atoms with E-state index < -0.39 is 18.5 Å². The molecular formula is C23H20N2O4. The van der Waals surface area contributed by atoms with Gasteiger partial charge in [-0.25, -0.2) is 4.79 Å². The summed E-state index contributed by atoms with van der Waals surface area (Å²) in [6.45, 7) is 0.214. The minimum Gasteiger partial charge on any atom is -0.452 e. The lowest BCUT2D eigenvalue weighted by atomic mass is 10.1. The van der Waals surface area contributed by atoms with Crippen molar-refractivity contribution in [3.05, 3.63) is 72.3 Å². The summed E-state index contributed by atoms with van der Waals surface area (Å²) in [6.07, 6.45) is 1.30. The summed E-state index contributed by atoms with van der Waals surface area (Å²) in [6, 6.07) is 20.0. The van der Waals surface area contributed by atoms with Crippen molar-refractivity contribution in [2.24, 2.45) is 0 Å². The lowest BCUT2D eigenvalue weighted by molar-refractivity contribution is -0.119. The van der Waals surface area contributed by atoms with Crippen LogP contribution in [0.5, 0.6) is 0 Å². The highest BCUT2D eigenvalue weighted by atomic mass is 16.5. The Kier molecular flexibility index (Phi) is 5.24. The van der Waals surface area contributed by atoms with E-state index in [4.69, 9.17) is 4.74 Å². The summed E-state index contributed by atoms with van der Waals surface area (Å²) in [7, 11) is 0. The highest BCUT2D eigenvalue weighted by molar-refractivity contribution is 6.06. The minimum atomic E-state index is -0.556. The maximum Gasteiger partial charge on any atom is 0.339 e. The van der Waals surface area contributed by atoms with Crippen LogP contribution in [0.3, 0.4) is 0 Å². The first-order chi connectivity index (χ1) is 14.1. The fraction of sp³-hybridized carbons (Fsp3) is 0.174. The number of hydrogen-bond donors (Lipinski definition) is 1. The van der Waals surface area contributed by atoms with Gasteiger partial charge in [-0.1, -0.05) is 48.5 Å². The number of fused-ring (bicyclic) bond motifs is 1. The van der Waals surface area contributed by atoms with Gasteiger partial charge in [0.05, 0.1) is 16.9 Å². The molecule has 6 heteroatoms. The number of esters is 1. The topological polar surface area (TPSA) is 75.7 Å². The van der Waals surface area contributed by atoms with Crippen LogP contribution in [-0.4, -0.2) is 30.9 Å². The van der Waals surface area contributed by atoms with Crippen LogP contribution in [0, 0.1) is 0 Å². The van der Waals surface area contributed by atoms with E-state index in [1.807, 2.05) is 36.4 Å². The number of carbonyl (C=O) groups excluding carboxylic acids is 3. The Morgan fingerprint density at radius 1 is 0.966 bits per heavy atom. The van der Waals surface area contributed by atoms with Crippen molar-refractivity contribution in [1.82, 2.24) is 0 Å². The second-order valence-electron chi connectivity index (χ2n) is 6.82. The molecule has 3 aromatic carbocycles. The molecule has 0 unspecified atom stereocenters. The van der Waals surface area contributed by atoms with Crippen molar-refractivity contribution in [1.29, 1.82) is 0 Å². The zero-order valence-electron chi connectivity index (χ0n) is 15.8. The molecule has 1 heterocycles. The Balaban J connectivity index is 1.43. The van der Waals surface area contributed by atoms with Gasteiger partial charge in [0.1, 0.15) is 0 Å². The van der Waals surface area contributed by atoms with Crippen LogP contribution in [0.25, 0.3) is 10.8 Å². The van der Waals surface area contributed by atoms with E-state index in [-0.39, 0.29) is 5.91 Å². The molecule has 0 aromatic heterocycles. The van der Waals surface area contributed by atoms with E-state index in [2.05, 4.69) is 5.32 Å². The lowest BCUT2D eigenvalue weighted by Crippen LogP contribution is -2.27. The predicted molar refractivity (Wildman–Crippen MR) is 111 cm³/mol. The van der Waals surface area contributed by atoms with Crippen LogP contribution in [0.1, 0.15) is 23.2 Å². The van der Waals surface area contributed by atoms with Crippen LogP contribution < -0.4 is 10.2 Å². The maximum absolute atomic E-state index is 12.5. The molecule has 4 rings (SSSR count). The fourth-order valence-electron chi connectivity index (χ4n) is 3.52. The van der Waals surface area contributed by atoms with E-state index in [0.717, 1.165) is 17.2 Å². The average Bonchev–Trinajstić information content (AvgIpc) is 3.17. The molecule has 0 bridgehead atoms. The first-order valence-electron chi connectivity index (χ1n) is 9.47. The van der Waals surface area contributed by atoms with E-state index in [0.29, 0.717) is 29.9 Å². The van der Waals surface area contributed by atoms with Crippen LogP contribution in [0.15, 0.2) is 66.7 Å². The zero-order valence-corrected chi connectivity index (χ0v) is 15.8. The van der Waals surface area contributed by atoms with Gasteiger partial charge in [-0.2, -0.15) is 0 Å². The summed E-state index contributed by atoms with van der Waals surface area (Å²) >= 11 is 0. The molecule has 0 radical (unpaired) electrons. The number of para-hydroxylation sites is 2. The third kappa shape index (κ3) is 3.96. The quantitative estimate of drug-likeness (QED) is 0.675. The van der Waals surface area contributed by atoms with Crippen molar-refractivity contribution in [3.8, 4) is 0 Å². The smallest absolute Gasteiger partial charge is 0.339 e. The van der Waals surface area contributed by atoms with Gasteiger partial charge in [0.15, 0.2) is 6.61 Å². The third-order valence-corrected chi connectivity index (χ3v) is 4.89. The first-order valence-corrected chi connectivity index (χ1v) is 9.47. The Labute approximate surface area is 168 Å². The molecule has 0 saturated carbocycles. The molecule has 146 valence electrons. The number of nitrogens with one attached hydrogen (secondary N) is 1. The van der Waals surface area contributed by atoms with Gasteiger partial charge in [-0.3, -0.25) is 9.59 Å². The molecule has 1 saturated heterocycles. The van der Waals surface area contributed by atoms with Crippen molar-refractivity contribution in [3.63, 3.8) is 0 Å². The molecule has 6 nitrogen and oxygen atoms in total. The Morgan fingerprint density at radius 2 is 1.72 bits per heavy atom. The van der Waals surface area contributed by atoms with Crippen molar-refractivity contribution in [2.75, 3.05) is 23.4 Å². The standard InChI is InChI=1S/C23H20N2O4/c26-21(24-19-11-3-4-12-20(19)25-14-6-13-22(25)27)15-29-23(28)18-10-5-8-16-7-1-2-9-17(16)18/h1-5,7-12H,6,13-15H2,(H,24,26). The number of amides is 2. The number of nitrogens with zero attached hydrogens (tertiary/aromatic N) is 1. The zero-order chi connectivity index (χ0) is 20.2. The van der Waals surface area contributed by atoms with Crippen molar-refractivity contribution >= 4 is 39.9 Å². The Bertz CT molecular complexity index is 1090. The molecule has 0 spiro atoms. The largest absolute Gasteiger partial charge is 0.452 e. The van der Waals surface area contributed by atoms with Crippen LogP contribution >= 0.6 is 0 Å². The van der Waals surface area contributed by atoms with Crippen LogP contribution in [0.4, 0.5) is 11.4 Å². The van der Waals surface area contributed by atoms with Crippen LogP contribution in [-0.2, 0) is 14.3 Å². The molecule has 1 aliphatic heterocycles. The van der Waals surface area contributed by atoms with Gasteiger partial charge >= 0.3 is 5.97 Å². The Morgan fingerprint density at radius 3 is 2.55 bits per heavy atom. The second kappa shape index (κ2) is 8.14. The Hall–Kier alpha value is -3.67. The molecule has 1 fully saturated rings. The van der Waals surface area contributed by atoms with Crippen molar-refractivity contribution < 1.29 is 19.1 Å². The number of carbonyl (C=O) groups is 3. The lowest BCUT2D eigenvalue weighted by Gasteiger charge is -2.20. The number of anilines is 2. The van der Waals surface area contributed by atoms with Gasteiger partial charge in [0.2, 0.25) is 5.91 Å². The van der Waals surface area contributed by atoms with Gasteiger partial charge in [-0.05, 0) is 35.4 Å². The maximum atomic E-state index is 12.5. The van der Waals surface area contributed by atoms with Gasteiger partial charge in [0, 0.05) is 13.0 Å². The molecule has 1 N–H and O–H groups in total. The highest BCUT2D eigenvalue weighted by Gasteiger charge is 2.24. The minimum absolute atomic E-state index is 0.0362. The number of rotatable bonds is 5. The van der Waals surface area contributed by atoms with E-state index >= 15 is 0 Å².